The molecule has 422 valence electrons. The average Bonchev–Trinajstić information content (AvgIpc) is 1.69. The summed E-state index contributed by atoms with van der Waals surface area (Å²) in [5.74, 6) is 0. The number of fused-ring (bicyclic) bond motifs is 13. The molecule has 0 aliphatic heterocycles. The molecule has 0 atom stereocenters. The molecule has 3 nitrogen and oxygen atoms in total. The zero-order chi connectivity index (χ0) is 59.7. The van der Waals surface area contributed by atoms with Gasteiger partial charge in [-0.05, 0) is 138 Å². The van der Waals surface area contributed by atoms with Crippen molar-refractivity contribution in [3.05, 3.63) is 328 Å². The minimum Gasteiger partial charge on any atom is -0.455 e. The highest BCUT2D eigenvalue weighted by molar-refractivity contribution is 6.26. The van der Waals surface area contributed by atoms with Crippen molar-refractivity contribution in [3.8, 4) is 78.1 Å². The number of hydrogen-bond acceptors (Lipinski definition) is 1. The number of benzene rings is 16. The van der Waals surface area contributed by atoms with Crippen molar-refractivity contribution < 1.29 is 4.42 Å². The Labute approximate surface area is 524 Å². The lowest BCUT2D eigenvalue weighted by Gasteiger charge is -2.20. The quantitative estimate of drug-likeness (QED) is 0.139. The van der Waals surface area contributed by atoms with Crippen LogP contribution in [0.25, 0.3) is 187 Å². The third kappa shape index (κ3) is 7.88. The molecule has 0 bridgehead atoms. The minimum absolute atomic E-state index is 0.853. The molecule has 0 aliphatic rings. The van der Waals surface area contributed by atoms with Crippen LogP contribution in [0.2, 0.25) is 0 Å². The fourth-order valence-corrected chi connectivity index (χ4v) is 15.2. The number of hydrogen-bond donors (Lipinski definition) is 0. The molecule has 0 aliphatic carbocycles. The Balaban J connectivity index is 0.801. The molecule has 3 heterocycles. The molecule has 0 fully saturated rings. The van der Waals surface area contributed by atoms with E-state index in [0.717, 1.165) is 66.1 Å². The number of aromatic nitrogens is 2. The number of rotatable bonds is 8. The van der Waals surface area contributed by atoms with Gasteiger partial charge in [0.25, 0.3) is 0 Å². The van der Waals surface area contributed by atoms with Gasteiger partial charge in [0, 0.05) is 65.0 Å². The first-order chi connectivity index (χ1) is 45.2. The highest BCUT2D eigenvalue weighted by atomic mass is 16.3. The third-order valence-corrected chi connectivity index (χ3v) is 19.3. The van der Waals surface area contributed by atoms with E-state index in [1.165, 1.54) is 121 Å². The van der Waals surface area contributed by atoms with Gasteiger partial charge in [-0.1, -0.05) is 267 Å². The maximum atomic E-state index is 7.23. The van der Waals surface area contributed by atoms with Crippen LogP contribution in [0.15, 0.2) is 332 Å². The average molecular weight is 1160 g/mol. The maximum Gasteiger partial charge on any atom is 0.143 e. The van der Waals surface area contributed by atoms with Crippen LogP contribution in [0.5, 0.6) is 0 Å². The molecule has 3 aromatic heterocycles. The Bertz CT molecular complexity index is 5860. The van der Waals surface area contributed by atoms with Crippen LogP contribution >= 0.6 is 0 Å². The summed E-state index contributed by atoms with van der Waals surface area (Å²) in [5, 5.41) is 16.5. The molecular weight excluding hydrogens is 1100 g/mol. The fraction of sp³-hybridized carbons (Fsp3) is 0. The van der Waals surface area contributed by atoms with Gasteiger partial charge in [-0.3, -0.25) is 0 Å². The van der Waals surface area contributed by atoms with Crippen LogP contribution in [-0.4, -0.2) is 9.13 Å². The Morgan fingerprint density at radius 2 is 0.484 bits per heavy atom. The van der Waals surface area contributed by atoms with Crippen LogP contribution in [-0.2, 0) is 0 Å². The Morgan fingerprint density at radius 1 is 0.187 bits per heavy atom. The molecule has 91 heavy (non-hydrogen) atoms. The van der Waals surface area contributed by atoms with E-state index in [9.17, 15) is 0 Å². The number of para-hydroxylation sites is 1. The molecule has 0 saturated carbocycles. The van der Waals surface area contributed by atoms with E-state index in [1.54, 1.807) is 0 Å². The van der Waals surface area contributed by atoms with Crippen molar-refractivity contribution in [3.63, 3.8) is 0 Å². The molecule has 16 aromatic carbocycles. The maximum absolute atomic E-state index is 7.23. The molecule has 19 aromatic rings. The highest BCUT2D eigenvalue weighted by Gasteiger charge is 2.26. The standard InChI is InChI=1S/C88H54N2O/c1-5-22-55(23-6-1)59-40-45-79-74(50-59)75-51-60(56-24-7-2-8-25-56)41-46-80(75)89(79)86-68-34-17-13-30-64(68)84(65-31-14-18-35-69(65)86)63-44-49-83-78(54-63)72-38-21-39-73(88(72)91-83)85-66-32-15-19-36-70(66)87(71-37-20-16-33-67(71)85)90-81-47-42-61(57-26-9-3-10-27-57)52-76(81)77-53-62(43-48-82(77)90)58-28-11-4-12-29-58/h1-54H. The van der Waals surface area contributed by atoms with E-state index in [1.807, 2.05) is 0 Å². The number of furan rings is 1. The summed E-state index contributed by atoms with van der Waals surface area (Å²) in [7, 11) is 0. The van der Waals surface area contributed by atoms with Crippen molar-refractivity contribution >= 4 is 109 Å². The van der Waals surface area contributed by atoms with Gasteiger partial charge >= 0.3 is 0 Å². The van der Waals surface area contributed by atoms with Gasteiger partial charge in [0.05, 0.1) is 33.4 Å². The lowest BCUT2D eigenvalue weighted by Crippen LogP contribution is -1.99. The topological polar surface area (TPSA) is 23.0 Å². The van der Waals surface area contributed by atoms with Gasteiger partial charge in [0.2, 0.25) is 0 Å². The summed E-state index contributed by atoms with van der Waals surface area (Å²) >= 11 is 0. The van der Waals surface area contributed by atoms with E-state index in [0.29, 0.717) is 0 Å². The summed E-state index contributed by atoms with van der Waals surface area (Å²) in [6.07, 6.45) is 0. The SMILES string of the molecule is c1ccc(-c2ccc3c(c2)c2cc(-c4ccccc4)ccc2n3-c2c3ccccc3c(-c3ccc4oc5c(-c6c7ccccc7c(-n7c8ccc(-c9ccccc9)cc8c8cc(-c9ccccc9)ccc87)c7ccccc67)cccc5c4c3)c3ccccc23)cc1. The van der Waals surface area contributed by atoms with Crippen LogP contribution in [0, 0.1) is 0 Å². The minimum atomic E-state index is 0.853. The monoisotopic (exact) mass is 1150 g/mol. The van der Waals surface area contributed by atoms with E-state index < -0.39 is 0 Å². The van der Waals surface area contributed by atoms with Gasteiger partial charge in [0.1, 0.15) is 11.2 Å². The summed E-state index contributed by atoms with van der Waals surface area (Å²) in [6.45, 7) is 0. The summed E-state index contributed by atoms with van der Waals surface area (Å²) < 4.78 is 12.3. The second kappa shape index (κ2) is 20.3. The van der Waals surface area contributed by atoms with Gasteiger partial charge in [-0.25, -0.2) is 0 Å². The molecule has 0 N–H and O–H groups in total. The predicted octanol–water partition coefficient (Wildman–Crippen LogP) is 24.4. The molecule has 0 spiro atoms. The van der Waals surface area contributed by atoms with Crippen LogP contribution in [0.3, 0.4) is 0 Å². The van der Waals surface area contributed by atoms with Crippen molar-refractivity contribution in [2.75, 3.05) is 0 Å². The van der Waals surface area contributed by atoms with Gasteiger partial charge in [0.15, 0.2) is 0 Å². The van der Waals surface area contributed by atoms with Crippen LogP contribution in [0.1, 0.15) is 0 Å². The zero-order valence-corrected chi connectivity index (χ0v) is 49.5. The molecule has 0 radical (unpaired) electrons. The highest BCUT2D eigenvalue weighted by Crippen LogP contribution is 2.50. The molecule has 0 unspecified atom stereocenters. The molecule has 0 saturated heterocycles. The largest absolute Gasteiger partial charge is 0.455 e. The fourth-order valence-electron chi connectivity index (χ4n) is 15.2. The van der Waals surface area contributed by atoms with E-state index in [4.69, 9.17) is 4.42 Å². The first kappa shape index (κ1) is 51.0. The van der Waals surface area contributed by atoms with E-state index in [2.05, 4.69) is 337 Å². The Kier molecular flexibility index (Phi) is 11.4. The summed E-state index contributed by atoms with van der Waals surface area (Å²) in [5.41, 5.74) is 22.9. The Hall–Kier alpha value is -12.0. The first-order valence-corrected chi connectivity index (χ1v) is 31.4. The van der Waals surface area contributed by atoms with E-state index in [-0.39, 0.29) is 0 Å². The summed E-state index contributed by atoms with van der Waals surface area (Å²) in [6, 6.07) is 121. The van der Waals surface area contributed by atoms with Crippen molar-refractivity contribution in [2.24, 2.45) is 0 Å². The van der Waals surface area contributed by atoms with Crippen molar-refractivity contribution in [1.29, 1.82) is 0 Å². The third-order valence-electron chi connectivity index (χ3n) is 19.3. The summed E-state index contributed by atoms with van der Waals surface area (Å²) in [4.78, 5) is 0. The second-order valence-electron chi connectivity index (χ2n) is 24.2. The number of nitrogens with zero attached hydrogens (tertiary/aromatic N) is 2. The van der Waals surface area contributed by atoms with Gasteiger partial charge < -0.3 is 13.6 Å². The lowest BCUT2D eigenvalue weighted by atomic mass is 9.89. The Morgan fingerprint density at radius 3 is 0.846 bits per heavy atom. The molecular formula is C88H54N2O. The zero-order valence-electron chi connectivity index (χ0n) is 49.5. The molecule has 0 amide bonds. The lowest BCUT2D eigenvalue weighted by molar-refractivity contribution is 0.670. The predicted molar refractivity (Wildman–Crippen MR) is 385 cm³/mol. The van der Waals surface area contributed by atoms with Gasteiger partial charge in [-0.2, -0.15) is 0 Å². The van der Waals surface area contributed by atoms with Crippen molar-refractivity contribution in [2.45, 2.75) is 0 Å². The normalized spacial score (nSPS) is 12.0. The van der Waals surface area contributed by atoms with E-state index >= 15 is 0 Å². The van der Waals surface area contributed by atoms with Crippen LogP contribution in [0.4, 0.5) is 0 Å². The molecule has 19 rings (SSSR count). The van der Waals surface area contributed by atoms with Gasteiger partial charge in [-0.15, -0.1) is 0 Å². The molecule has 3 heteroatoms. The van der Waals surface area contributed by atoms with Crippen molar-refractivity contribution in [1.82, 2.24) is 9.13 Å². The van der Waals surface area contributed by atoms with Crippen LogP contribution < -0.4 is 0 Å². The smallest absolute Gasteiger partial charge is 0.143 e. The second-order valence-corrected chi connectivity index (χ2v) is 24.2. The first-order valence-electron chi connectivity index (χ1n) is 31.4.